The number of piperidine rings is 1. The third-order valence-electron chi connectivity index (χ3n) is 2.34. The fraction of sp³-hybridized carbons (Fsp3) is 0.800. The first-order valence-electron chi connectivity index (χ1n) is 5.39. The van der Waals surface area contributed by atoms with Gasteiger partial charge in [-0.05, 0) is 19.8 Å². The van der Waals surface area contributed by atoms with Crippen LogP contribution in [0, 0.1) is 0 Å². The highest BCUT2D eigenvalue weighted by Crippen LogP contribution is 2.10. The molecule has 1 aliphatic rings. The number of likely N-dealkylation sites (tertiary alicyclic amines) is 1. The maximum Gasteiger partial charge on any atom is 0.410 e. The van der Waals surface area contributed by atoms with Gasteiger partial charge in [0, 0.05) is 13.1 Å². The van der Waals surface area contributed by atoms with E-state index in [9.17, 15) is 14.7 Å². The lowest BCUT2D eigenvalue weighted by Crippen LogP contribution is -2.40. The lowest BCUT2D eigenvalue weighted by molar-refractivity contribution is -0.146. The van der Waals surface area contributed by atoms with Gasteiger partial charge in [0.2, 0.25) is 0 Å². The molecule has 1 rings (SSSR count). The predicted molar refractivity (Wildman–Crippen MR) is 54.8 cm³/mol. The Balaban J connectivity index is 2.22. The van der Waals surface area contributed by atoms with E-state index in [1.165, 1.54) is 4.90 Å². The Morgan fingerprint density at radius 2 is 1.94 bits per heavy atom. The maximum atomic E-state index is 11.4. The number of aliphatic hydroxyl groups excluding tert-OH is 1. The van der Waals surface area contributed by atoms with Crippen molar-refractivity contribution in [2.24, 2.45) is 0 Å². The fourth-order valence-corrected chi connectivity index (χ4v) is 1.46. The van der Waals surface area contributed by atoms with Crippen LogP contribution in [0.4, 0.5) is 4.79 Å². The van der Waals surface area contributed by atoms with Crippen molar-refractivity contribution in [3.8, 4) is 0 Å². The highest BCUT2D eigenvalue weighted by atomic mass is 16.6. The topological polar surface area (TPSA) is 76.1 Å². The van der Waals surface area contributed by atoms with Crippen LogP contribution in [0.15, 0.2) is 0 Å². The van der Waals surface area contributed by atoms with Crippen molar-refractivity contribution in [3.05, 3.63) is 0 Å². The molecule has 0 bridgehead atoms. The van der Waals surface area contributed by atoms with Crippen LogP contribution in [0.1, 0.15) is 19.8 Å². The second-order valence-electron chi connectivity index (χ2n) is 3.58. The Hall–Kier alpha value is -1.30. The summed E-state index contributed by atoms with van der Waals surface area (Å²) in [7, 11) is 0. The first-order valence-corrected chi connectivity index (χ1v) is 5.39. The second-order valence-corrected chi connectivity index (χ2v) is 3.58. The van der Waals surface area contributed by atoms with Crippen molar-refractivity contribution in [2.45, 2.75) is 25.9 Å². The molecular formula is C10H17NO5. The van der Waals surface area contributed by atoms with Crippen molar-refractivity contribution in [1.29, 1.82) is 0 Å². The Kier molecular flexibility index (Phi) is 5.04. The van der Waals surface area contributed by atoms with Crippen LogP contribution in [-0.4, -0.2) is 54.5 Å². The summed E-state index contributed by atoms with van der Waals surface area (Å²) < 4.78 is 9.38. The van der Waals surface area contributed by atoms with E-state index in [1.807, 2.05) is 0 Å². The Bertz CT molecular complexity index is 248. The monoisotopic (exact) mass is 231 g/mol. The normalized spacial score (nSPS) is 17.0. The van der Waals surface area contributed by atoms with Gasteiger partial charge in [0.05, 0.1) is 12.7 Å². The number of aliphatic hydroxyl groups is 1. The molecule has 0 atom stereocenters. The van der Waals surface area contributed by atoms with Gasteiger partial charge in [-0.1, -0.05) is 0 Å². The Labute approximate surface area is 94.1 Å². The first-order chi connectivity index (χ1) is 7.63. The van der Waals surface area contributed by atoms with Crippen molar-refractivity contribution < 1.29 is 24.2 Å². The molecule has 6 nitrogen and oxygen atoms in total. The molecule has 0 aliphatic carbocycles. The van der Waals surface area contributed by atoms with Crippen LogP contribution in [0.3, 0.4) is 0 Å². The molecule has 0 radical (unpaired) electrons. The molecule has 0 unspecified atom stereocenters. The highest BCUT2D eigenvalue weighted by Gasteiger charge is 2.22. The second kappa shape index (κ2) is 6.32. The van der Waals surface area contributed by atoms with Crippen LogP contribution >= 0.6 is 0 Å². The van der Waals surface area contributed by atoms with Gasteiger partial charge < -0.3 is 19.5 Å². The molecule has 1 aliphatic heterocycles. The number of amides is 1. The number of hydrogen-bond donors (Lipinski definition) is 1. The smallest absolute Gasteiger partial charge is 0.410 e. The molecule has 1 amide bonds. The summed E-state index contributed by atoms with van der Waals surface area (Å²) in [6.07, 6.45) is 0.234. The first kappa shape index (κ1) is 12.8. The summed E-state index contributed by atoms with van der Waals surface area (Å²) in [4.78, 5) is 23.8. The maximum absolute atomic E-state index is 11.4. The summed E-state index contributed by atoms with van der Waals surface area (Å²) in [5.41, 5.74) is 0. The molecule has 0 saturated carbocycles. The molecule has 0 spiro atoms. The molecule has 1 fully saturated rings. The number of hydrogen-bond acceptors (Lipinski definition) is 5. The molecule has 0 aromatic carbocycles. The Morgan fingerprint density at radius 1 is 1.31 bits per heavy atom. The van der Waals surface area contributed by atoms with E-state index in [0.717, 1.165) is 0 Å². The average molecular weight is 231 g/mol. The van der Waals surface area contributed by atoms with Crippen molar-refractivity contribution in [1.82, 2.24) is 4.90 Å². The minimum absolute atomic E-state index is 0.270. The third kappa shape index (κ3) is 4.06. The molecule has 92 valence electrons. The van der Waals surface area contributed by atoms with E-state index in [4.69, 9.17) is 4.74 Å². The van der Waals surface area contributed by atoms with Crippen LogP contribution in [-0.2, 0) is 14.3 Å². The molecular weight excluding hydrogens is 214 g/mol. The molecule has 1 saturated heterocycles. The Morgan fingerprint density at radius 3 is 2.50 bits per heavy atom. The minimum Gasteiger partial charge on any atom is -0.463 e. The molecule has 1 N–H and O–H groups in total. The van der Waals surface area contributed by atoms with Gasteiger partial charge in [-0.15, -0.1) is 0 Å². The van der Waals surface area contributed by atoms with Gasteiger partial charge in [0.25, 0.3) is 0 Å². The third-order valence-corrected chi connectivity index (χ3v) is 2.34. The van der Waals surface area contributed by atoms with Gasteiger partial charge >= 0.3 is 12.1 Å². The lowest BCUT2D eigenvalue weighted by atomic mass is 10.1. The summed E-state index contributed by atoms with van der Waals surface area (Å²) in [6.45, 7) is 2.52. The minimum atomic E-state index is -0.548. The van der Waals surface area contributed by atoms with Gasteiger partial charge in [-0.3, -0.25) is 0 Å². The SMILES string of the molecule is CCOC(=O)COC(=O)N1CCC(O)CC1. The van der Waals surface area contributed by atoms with Crippen LogP contribution in [0.5, 0.6) is 0 Å². The lowest BCUT2D eigenvalue weighted by Gasteiger charge is -2.28. The zero-order valence-electron chi connectivity index (χ0n) is 9.35. The van der Waals surface area contributed by atoms with Crippen molar-refractivity contribution in [3.63, 3.8) is 0 Å². The van der Waals surface area contributed by atoms with Crippen LogP contribution < -0.4 is 0 Å². The number of nitrogens with zero attached hydrogens (tertiary/aromatic N) is 1. The standard InChI is InChI=1S/C10H17NO5/c1-2-15-9(13)7-16-10(14)11-5-3-8(12)4-6-11/h8,12H,2-7H2,1H3. The molecule has 0 aromatic heterocycles. The summed E-state index contributed by atoms with van der Waals surface area (Å²) in [5.74, 6) is -0.548. The molecule has 6 heteroatoms. The number of esters is 1. The summed E-state index contributed by atoms with van der Waals surface area (Å²) in [5, 5.41) is 9.24. The van der Waals surface area contributed by atoms with Crippen molar-refractivity contribution >= 4 is 12.1 Å². The molecule has 1 heterocycles. The number of carbonyl (C=O) groups is 2. The van der Waals surface area contributed by atoms with E-state index in [0.29, 0.717) is 25.9 Å². The predicted octanol–water partition coefficient (Wildman–Crippen LogP) is 0.143. The zero-order chi connectivity index (χ0) is 12.0. The van der Waals surface area contributed by atoms with Gasteiger partial charge in [-0.25, -0.2) is 9.59 Å². The quantitative estimate of drug-likeness (QED) is 0.699. The van der Waals surface area contributed by atoms with Crippen LogP contribution in [0.2, 0.25) is 0 Å². The highest BCUT2D eigenvalue weighted by molar-refractivity contribution is 5.75. The zero-order valence-corrected chi connectivity index (χ0v) is 9.35. The fourth-order valence-electron chi connectivity index (χ4n) is 1.46. The van der Waals surface area contributed by atoms with Gasteiger partial charge in [0.1, 0.15) is 0 Å². The summed E-state index contributed by atoms with van der Waals surface area (Å²) in [6, 6.07) is 0. The van der Waals surface area contributed by atoms with Gasteiger partial charge in [0.15, 0.2) is 6.61 Å². The van der Waals surface area contributed by atoms with Gasteiger partial charge in [-0.2, -0.15) is 0 Å². The largest absolute Gasteiger partial charge is 0.463 e. The number of ether oxygens (including phenoxy) is 2. The van der Waals surface area contributed by atoms with E-state index in [-0.39, 0.29) is 19.3 Å². The van der Waals surface area contributed by atoms with E-state index >= 15 is 0 Å². The van der Waals surface area contributed by atoms with Crippen LogP contribution in [0.25, 0.3) is 0 Å². The van der Waals surface area contributed by atoms with E-state index < -0.39 is 12.1 Å². The molecule has 0 aromatic rings. The average Bonchev–Trinajstić information content (AvgIpc) is 2.27. The summed E-state index contributed by atoms with van der Waals surface area (Å²) >= 11 is 0. The van der Waals surface area contributed by atoms with E-state index in [2.05, 4.69) is 4.74 Å². The molecule has 16 heavy (non-hydrogen) atoms. The number of rotatable bonds is 3. The number of carbonyl (C=O) groups excluding carboxylic acids is 2. The van der Waals surface area contributed by atoms with E-state index in [1.54, 1.807) is 6.92 Å². The van der Waals surface area contributed by atoms with Crippen molar-refractivity contribution in [2.75, 3.05) is 26.3 Å².